The van der Waals surface area contributed by atoms with E-state index in [1.54, 1.807) is 6.92 Å². The Morgan fingerprint density at radius 3 is 2.67 bits per heavy atom. The van der Waals surface area contributed by atoms with Crippen molar-refractivity contribution in [3.05, 3.63) is 47.8 Å². The van der Waals surface area contributed by atoms with Crippen LogP contribution in [0.4, 0.5) is 5.69 Å². The van der Waals surface area contributed by atoms with E-state index < -0.39 is 11.2 Å². The molecule has 140 valence electrons. The van der Waals surface area contributed by atoms with E-state index in [0.717, 1.165) is 10.6 Å². The van der Waals surface area contributed by atoms with E-state index in [4.69, 9.17) is 5.73 Å². The van der Waals surface area contributed by atoms with Gasteiger partial charge in [0.2, 0.25) is 11.8 Å². The second kappa shape index (κ2) is 8.83. The number of nitrogens with one attached hydrogen (secondary N) is 1. The number of thiophene rings is 1. The van der Waals surface area contributed by atoms with Gasteiger partial charge in [-0.2, -0.15) is 0 Å². The van der Waals surface area contributed by atoms with Gasteiger partial charge in [-0.25, -0.2) is 0 Å². The summed E-state index contributed by atoms with van der Waals surface area (Å²) in [4.78, 5) is 24.6. The average Bonchev–Trinajstić information content (AvgIpc) is 3.30. The zero-order valence-electron chi connectivity index (χ0n) is 14.7. The van der Waals surface area contributed by atoms with Crippen LogP contribution >= 0.6 is 23.1 Å². The first kappa shape index (κ1) is 19.1. The number of hydrogen-bond donors (Lipinski definition) is 2. The van der Waals surface area contributed by atoms with Crippen LogP contribution in [0.1, 0.15) is 13.3 Å². The maximum absolute atomic E-state index is 12.5. The monoisotopic (exact) mass is 401 g/mol. The highest BCUT2D eigenvalue weighted by Crippen LogP contribution is 2.29. The lowest BCUT2D eigenvalue weighted by Gasteiger charge is -2.13. The number of carbonyl (C=O) groups is 2. The van der Waals surface area contributed by atoms with E-state index in [2.05, 4.69) is 15.5 Å². The van der Waals surface area contributed by atoms with Crippen LogP contribution in [-0.4, -0.2) is 31.8 Å². The van der Waals surface area contributed by atoms with Gasteiger partial charge in [0.05, 0.1) is 10.1 Å². The number of benzene rings is 1. The fourth-order valence-corrected chi connectivity index (χ4v) is 3.96. The highest BCUT2D eigenvalue weighted by molar-refractivity contribution is 8.00. The fraction of sp³-hybridized carbons (Fsp3) is 0.222. The van der Waals surface area contributed by atoms with Gasteiger partial charge in [-0.3, -0.25) is 9.59 Å². The van der Waals surface area contributed by atoms with Crippen LogP contribution in [0.25, 0.3) is 10.7 Å². The molecule has 27 heavy (non-hydrogen) atoms. The fourth-order valence-electron chi connectivity index (χ4n) is 2.36. The van der Waals surface area contributed by atoms with Gasteiger partial charge < -0.3 is 15.6 Å². The number of para-hydroxylation sites is 1. The van der Waals surface area contributed by atoms with Crippen molar-refractivity contribution in [3.8, 4) is 10.7 Å². The molecule has 9 heteroatoms. The Kier molecular flexibility index (Phi) is 6.25. The van der Waals surface area contributed by atoms with Crippen molar-refractivity contribution in [1.29, 1.82) is 0 Å². The molecule has 3 N–H and O–H groups in total. The zero-order chi connectivity index (χ0) is 19.2. The predicted octanol–water partition coefficient (Wildman–Crippen LogP) is 3.00. The minimum absolute atomic E-state index is 0.131. The molecule has 2 amide bonds. The second-order valence-electron chi connectivity index (χ2n) is 5.77. The number of nitrogens with two attached hydrogens (primary N) is 1. The number of primary amides is 1. The summed E-state index contributed by atoms with van der Waals surface area (Å²) in [5, 5.41) is 13.5. The third-order valence-electron chi connectivity index (χ3n) is 3.73. The topological polar surface area (TPSA) is 103 Å². The second-order valence-corrected chi connectivity index (χ2v) is 8.02. The van der Waals surface area contributed by atoms with E-state index >= 15 is 0 Å². The Balaban J connectivity index is 1.76. The number of anilines is 1. The van der Waals surface area contributed by atoms with Gasteiger partial charge in [-0.05, 0) is 30.5 Å². The van der Waals surface area contributed by atoms with E-state index in [0.29, 0.717) is 17.5 Å². The summed E-state index contributed by atoms with van der Waals surface area (Å²) in [6.07, 6.45) is 0.175. The van der Waals surface area contributed by atoms with Crippen LogP contribution in [0.3, 0.4) is 0 Å². The molecule has 7 nitrogen and oxygen atoms in total. The summed E-state index contributed by atoms with van der Waals surface area (Å²) in [5.41, 5.74) is 6.04. The molecule has 2 heterocycles. The molecule has 0 saturated carbocycles. The first-order valence-electron chi connectivity index (χ1n) is 8.32. The smallest absolute Gasteiger partial charge is 0.237 e. The Morgan fingerprint density at radius 2 is 2.00 bits per heavy atom. The zero-order valence-corrected chi connectivity index (χ0v) is 16.3. The van der Waals surface area contributed by atoms with Gasteiger partial charge in [0.15, 0.2) is 11.0 Å². The molecule has 0 saturated heterocycles. The molecule has 1 atom stereocenters. The first-order valence-corrected chi connectivity index (χ1v) is 10.1. The normalized spacial score (nSPS) is 11.9. The predicted molar refractivity (Wildman–Crippen MR) is 108 cm³/mol. The largest absolute Gasteiger partial charge is 0.370 e. The van der Waals surface area contributed by atoms with Crippen molar-refractivity contribution in [2.24, 2.45) is 5.73 Å². The highest BCUT2D eigenvalue weighted by Gasteiger charge is 2.21. The summed E-state index contributed by atoms with van der Waals surface area (Å²) in [6.45, 7) is 2.17. The Morgan fingerprint density at radius 1 is 1.22 bits per heavy atom. The molecule has 0 aliphatic rings. The van der Waals surface area contributed by atoms with E-state index in [1.807, 2.05) is 52.4 Å². The van der Waals surface area contributed by atoms with E-state index in [-0.39, 0.29) is 12.3 Å². The molecule has 0 aliphatic carbocycles. The van der Waals surface area contributed by atoms with Gasteiger partial charge in [-0.15, -0.1) is 21.5 Å². The van der Waals surface area contributed by atoms with Gasteiger partial charge in [0, 0.05) is 18.7 Å². The van der Waals surface area contributed by atoms with Crippen molar-refractivity contribution in [3.63, 3.8) is 0 Å². The van der Waals surface area contributed by atoms with Crippen LogP contribution in [-0.2, 0) is 16.1 Å². The van der Waals surface area contributed by atoms with Crippen LogP contribution < -0.4 is 11.1 Å². The minimum Gasteiger partial charge on any atom is -0.370 e. The SMILES string of the molecule is CC(Sc1nnc(-c2cccs2)n1CCC(N)=O)C(=O)Nc1ccccc1. The summed E-state index contributed by atoms with van der Waals surface area (Å²) in [6, 6.07) is 13.1. The summed E-state index contributed by atoms with van der Waals surface area (Å²) < 4.78 is 1.84. The number of aromatic nitrogens is 3. The molecule has 0 spiro atoms. The van der Waals surface area contributed by atoms with Crippen LogP contribution in [0.5, 0.6) is 0 Å². The quantitative estimate of drug-likeness (QED) is 0.565. The van der Waals surface area contributed by atoms with Gasteiger partial charge in [0.1, 0.15) is 0 Å². The van der Waals surface area contributed by atoms with Crippen LogP contribution in [0.15, 0.2) is 53.0 Å². The number of thioether (sulfide) groups is 1. The Hall–Kier alpha value is -2.65. The van der Waals surface area contributed by atoms with Gasteiger partial charge >= 0.3 is 0 Å². The molecular weight excluding hydrogens is 382 g/mol. The van der Waals surface area contributed by atoms with Gasteiger partial charge in [-0.1, -0.05) is 36.0 Å². The number of amides is 2. The van der Waals surface area contributed by atoms with Crippen LogP contribution in [0.2, 0.25) is 0 Å². The standard InChI is InChI=1S/C18H19N5O2S2/c1-12(17(25)20-13-6-3-2-4-7-13)27-18-22-21-16(14-8-5-11-26-14)23(18)10-9-15(19)24/h2-8,11-12H,9-10H2,1H3,(H2,19,24)(H,20,25). The maximum Gasteiger partial charge on any atom is 0.237 e. The minimum atomic E-state index is -0.397. The van der Waals surface area contributed by atoms with E-state index in [1.165, 1.54) is 23.1 Å². The molecule has 1 aromatic carbocycles. The molecular formula is C18H19N5O2S2. The Labute approximate surface area is 165 Å². The molecule has 0 bridgehead atoms. The lowest BCUT2D eigenvalue weighted by atomic mass is 10.3. The van der Waals surface area contributed by atoms with Gasteiger partial charge in [0.25, 0.3) is 0 Å². The lowest BCUT2D eigenvalue weighted by Crippen LogP contribution is -2.23. The summed E-state index contributed by atoms with van der Waals surface area (Å²) in [5.74, 6) is 0.143. The number of nitrogens with zero attached hydrogens (tertiary/aromatic N) is 3. The molecule has 0 fully saturated rings. The third kappa shape index (κ3) is 4.95. The van der Waals surface area contributed by atoms with Crippen LogP contribution in [0, 0.1) is 0 Å². The summed E-state index contributed by atoms with van der Waals surface area (Å²) >= 11 is 2.83. The van der Waals surface area contributed by atoms with Crippen molar-refractivity contribution in [2.45, 2.75) is 30.3 Å². The molecule has 2 aromatic heterocycles. The van der Waals surface area contributed by atoms with Crippen molar-refractivity contribution < 1.29 is 9.59 Å². The lowest BCUT2D eigenvalue weighted by molar-refractivity contribution is -0.118. The molecule has 3 rings (SSSR count). The average molecular weight is 402 g/mol. The number of carbonyl (C=O) groups excluding carboxylic acids is 2. The molecule has 0 radical (unpaired) electrons. The highest BCUT2D eigenvalue weighted by atomic mass is 32.2. The van der Waals surface area contributed by atoms with Crippen molar-refractivity contribution >= 4 is 40.6 Å². The number of hydrogen-bond acceptors (Lipinski definition) is 6. The molecule has 0 aliphatic heterocycles. The van der Waals surface area contributed by atoms with E-state index in [9.17, 15) is 9.59 Å². The third-order valence-corrected chi connectivity index (χ3v) is 5.68. The van der Waals surface area contributed by atoms with Crippen molar-refractivity contribution in [2.75, 3.05) is 5.32 Å². The number of rotatable bonds is 8. The molecule has 1 unspecified atom stereocenters. The molecule has 3 aromatic rings. The maximum atomic E-state index is 12.5. The van der Waals surface area contributed by atoms with Crippen molar-refractivity contribution in [1.82, 2.24) is 14.8 Å². The summed E-state index contributed by atoms with van der Waals surface area (Å²) in [7, 11) is 0. The Bertz CT molecular complexity index is 909. The first-order chi connectivity index (χ1) is 13.0.